The molecule has 38 heavy (non-hydrogen) atoms. The number of aliphatic hydroxyl groups is 1. The highest BCUT2D eigenvalue weighted by molar-refractivity contribution is 5.93. The molecule has 0 saturated heterocycles. The van der Waals surface area contributed by atoms with E-state index in [1.54, 1.807) is 33.4 Å². The molecule has 2 heterocycles. The van der Waals surface area contributed by atoms with Crippen LogP contribution in [0.2, 0.25) is 0 Å². The van der Waals surface area contributed by atoms with Gasteiger partial charge in [0.15, 0.2) is 5.82 Å². The van der Waals surface area contributed by atoms with Crippen LogP contribution in [0.25, 0.3) is 22.6 Å². The predicted octanol–water partition coefficient (Wildman–Crippen LogP) is 3.64. The second-order valence-electron chi connectivity index (χ2n) is 10.0. The summed E-state index contributed by atoms with van der Waals surface area (Å²) in [5, 5.41) is 13.0. The topological polar surface area (TPSA) is 104 Å². The van der Waals surface area contributed by atoms with Crippen molar-refractivity contribution in [3.05, 3.63) is 54.4 Å². The van der Waals surface area contributed by atoms with Crippen molar-refractivity contribution in [3.8, 4) is 28.4 Å². The van der Waals surface area contributed by atoms with Crippen LogP contribution in [-0.2, 0) is 0 Å². The van der Waals surface area contributed by atoms with Crippen molar-refractivity contribution in [2.75, 3.05) is 46.2 Å². The molecule has 0 bridgehead atoms. The van der Waals surface area contributed by atoms with Gasteiger partial charge in [0, 0.05) is 57.1 Å². The van der Waals surface area contributed by atoms with Gasteiger partial charge in [0.05, 0.1) is 5.69 Å². The van der Waals surface area contributed by atoms with Crippen LogP contribution in [-0.4, -0.2) is 84.4 Å². The van der Waals surface area contributed by atoms with Crippen LogP contribution in [0.3, 0.4) is 0 Å². The molecule has 1 atom stereocenters. The van der Waals surface area contributed by atoms with Gasteiger partial charge < -0.3 is 25.0 Å². The van der Waals surface area contributed by atoms with Crippen molar-refractivity contribution >= 4 is 11.7 Å². The maximum atomic E-state index is 12.6. The van der Waals surface area contributed by atoms with Crippen molar-refractivity contribution in [1.82, 2.24) is 25.2 Å². The number of pyridine rings is 1. The third-order valence-corrected chi connectivity index (χ3v) is 6.85. The molecule has 0 spiro atoms. The maximum Gasteiger partial charge on any atom is 0.271 e. The standard InChI is InChI=1S/C29H38N6O3/c1-30-18-23(36)19-38-24-12-8-9-21(15-24)28-32-25(20-13-14-31-26(16-20)29(37)34(2)3)17-27(33-28)35(4)22-10-6-5-7-11-22/h8-9,12-17,22-23,30,36H,5-7,10-11,18-19H2,1-4H3. The Labute approximate surface area is 224 Å². The second kappa shape index (κ2) is 12.8. The summed E-state index contributed by atoms with van der Waals surface area (Å²) in [7, 11) is 7.31. The van der Waals surface area contributed by atoms with Gasteiger partial charge in [0.1, 0.15) is 30.0 Å². The van der Waals surface area contributed by atoms with Gasteiger partial charge in [-0.3, -0.25) is 9.78 Å². The molecule has 1 saturated carbocycles. The molecule has 3 aromatic rings. The SMILES string of the molecule is CNCC(O)COc1cccc(-c2nc(-c3ccnc(C(=O)N(C)C)c3)cc(N(C)C3CCCCC3)n2)c1. The number of anilines is 1. The first-order chi connectivity index (χ1) is 18.4. The van der Waals surface area contributed by atoms with Gasteiger partial charge in [0.2, 0.25) is 0 Å². The zero-order chi connectivity index (χ0) is 27.1. The largest absolute Gasteiger partial charge is 0.491 e. The number of likely N-dealkylation sites (N-methyl/N-ethyl adjacent to an activating group) is 1. The van der Waals surface area contributed by atoms with Crippen LogP contribution >= 0.6 is 0 Å². The van der Waals surface area contributed by atoms with E-state index in [0.29, 0.717) is 29.9 Å². The molecular weight excluding hydrogens is 480 g/mol. The number of benzene rings is 1. The van der Waals surface area contributed by atoms with E-state index >= 15 is 0 Å². The minimum absolute atomic E-state index is 0.161. The van der Waals surface area contributed by atoms with Crippen molar-refractivity contribution in [2.24, 2.45) is 0 Å². The van der Waals surface area contributed by atoms with Gasteiger partial charge >= 0.3 is 0 Å². The van der Waals surface area contributed by atoms with Crippen LogP contribution in [0.15, 0.2) is 48.7 Å². The summed E-state index contributed by atoms with van der Waals surface area (Å²) in [6, 6.07) is 13.7. The predicted molar refractivity (Wildman–Crippen MR) is 149 cm³/mol. The zero-order valence-electron chi connectivity index (χ0n) is 22.7. The molecular formula is C29H38N6O3. The van der Waals surface area contributed by atoms with Gasteiger partial charge in [0.25, 0.3) is 5.91 Å². The van der Waals surface area contributed by atoms with E-state index in [9.17, 15) is 9.90 Å². The van der Waals surface area contributed by atoms with Crippen molar-refractivity contribution < 1.29 is 14.6 Å². The lowest BCUT2D eigenvalue weighted by Gasteiger charge is -2.32. The van der Waals surface area contributed by atoms with E-state index in [1.807, 2.05) is 36.4 Å². The average molecular weight is 519 g/mol. The third-order valence-electron chi connectivity index (χ3n) is 6.85. The molecule has 202 valence electrons. The molecule has 0 aliphatic heterocycles. The van der Waals surface area contributed by atoms with E-state index in [0.717, 1.165) is 35.5 Å². The second-order valence-corrected chi connectivity index (χ2v) is 10.0. The molecule has 4 rings (SSSR count). The normalized spacial score (nSPS) is 14.7. The van der Waals surface area contributed by atoms with Crippen molar-refractivity contribution in [2.45, 2.75) is 44.2 Å². The van der Waals surface area contributed by atoms with Crippen LogP contribution in [0.1, 0.15) is 42.6 Å². The first-order valence-corrected chi connectivity index (χ1v) is 13.2. The number of nitrogens with zero attached hydrogens (tertiary/aromatic N) is 5. The number of hydrogen-bond acceptors (Lipinski definition) is 8. The Hall–Kier alpha value is -3.56. The van der Waals surface area contributed by atoms with Crippen LogP contribution in [0.5, 0.6) is 5.75 Å². The number of carbonyl (C=O) groups excluding carboxylic acids is 1. The molecule has 9 heteroatoms. The molecule has 1 aromatic carbocycles. The first-order valence-electron chi connectivity index (χ1n) is 13.2. The van der Waals surface area contributed by atoms with E-state index in [2.05, 4.69) is 22.2 Å². The summed E-state index contributed by atoms with van der Waals surface area (Å²) in [4.78, 5) is 30.5. The van der Waals surface area contributed by atoms with E-state index in [-0.39, 0.29) is 12.5 Å². The molecule has 1 unspecified atom stereocenters. The number of nitrogens with one attached hydrogen (secondary N) is 1. The fourth-order valence-corrected chi connectivity index (χ4v) is 4.70. The van der Waals surface area contributed by atoms with Gasteiger partial charge in [-0.2, -0.15) is 0 Å². The lowest BCUT2D eigenvalue weighted by Crippen LogP contribution is -2.34. The number of rotatable bonds is 10. The fourth-order valence-electron chi connectivity index (χ4n) is 4.70. The molecule has 0 radical (unpaired) electrons. The molecule has 9 nitrogen and oxygen atoms in total. The number of amides is 1. The quantitative estimate of drug-likeness (QED) is 0.419. The Morgan fingerprint density at radius 1 is 1.08 bits per heavy atom. The molecule has 1 aliphatic rings. The van der Waals surface area contributed by atoms with Crippen LogP contribution in [0.4, 0.5) is 5.82 Å². The lowest BCUT2D eigenvalue weighted by atomic mass is 9.94. The van der Waals surface area contributed by atoms with Gasteiger partial charge in [-0.1, -0.05) is 31.4 Å². The summed E-state index contributed by atoms with van der Waals surface area (Å²) >= 11 is 0. The molecule has 2 N–H and O–H groups in total. The Kier molecular flexibility index (Phi) is 9.25. The molecule has 1 aliphatic carbocycles. The van der Waals surface area contributed by atoms with E-state index in [4.69, 9.17) is 14.7 Å². The van der Waals surface area contributed by atoms with Crippen LogP contribution in [0, 0.1) is 0 Å². The summed E-state index contributed by atoms with van der Waals surface area (Å²) in [5.74, 6) is 1.88. The minimum Gasteiger partial charge on any atom is -0.491 e. The highest BCUT2D eigenvalue weighted by atomic mass is 16.5. The van der Waals surface area contributed by atoms with Gasteiger partial charge in [-0.25, -0.2) is 9.97 Å². The van der Waals surface area contributed by atoms with Crippen molar-refractivity contribution in [1.29, 1.82) is 0 Å². The Morgan fingerprint density at radius 3 is 2.61 bits per heavy atom. The monoisotopic (exact) mass is 518 g/mol. The van der Waals surface area contributed by atoms with E-state index < -0.39 is 6.10 Å². The molecule has 2 aromatic heterocycles. The lowest BCUT2D eigenvalue weighted by molar-refractivity contribution is 0.0822. The van der Waals surface area contributed by atoms with Gasteiger partial charge in [-0.05, 0) is 44.2 Å². The summed E-state index contributed by atoms with van der Waals surface area (Å²) in [6.45, 7) is 0.631. The summed E-state index contributed by atoms with van der Waals surface area (Å²) in [5.41, 5.74) is 2.70. The number of ether oxygens (including phenoxy) is 1. The smallest absolute Gasteiger partial charge is 0.271 e. The Bertz CT molecular complexity index is 1230. The number of aliphatic hydroxyl groups excluding tert-OH is 1. The van der Waals surface area contributed by atoms with Crippen molar-refractivity contribution in [3.63, 3.8) is 0 Å². The number of aromatic nitrogens is 3. The number of carbonyl (C=O) groups is 1. The Balaban J connectivity index is 1.72. The Morgan fingerprint density at radius 2 is 1.87 bits per heavy atom. The zero-order valence-corrected chi connectivity index (χ0v) is 22.7. The highest BCUT2D eigenvalue weighted by Crippen LogP contribution is 2.31. The highest BCUT2D eigenvalue weighted by Gasteiger charge is 2.21. The maximum absolute atomic E-state index is 12.6. The first kappa shape index (κ1) is 27.5. The summed E-state index contributed by atoms with van der Waals surface area (Å²) in [6.07, 6.45) is 7.03. The average Bonchev–Trinajstić information content (AvgIpc) is 2.96. The minimum atomic E-state index is -0.607. The fraction of sp³-hybridized carbons (Fsp3) is 0.448. The molecule has 1 amide bonds. The van der Waals surface area contributed by atoms with Gasteiger partial charge in [-0.15, -0.1) is 0 Å². The third kappa shape index (κ3) is 6.85. The van der Waals surface area contributed by atoms with Crippen LogP contribution < -0.4 is 15.0 Å². The molecule has 1 fully saturated rings. The number of hydrogen-bond donors (Lipinski definition) is 2. The summed E-state index contributed by atoms with van der Waals surface area (Å²) < 4.78 is 5.83. The van der Waals surface area contributed by atoms with E-state index in [1.165, 1.54) is 24.2 Å².